The highest BCUT2D eigenvalue weighted by Crippen LogP contribution is 2.61. The lowest BCUT2D eigenvalue weighted by molar-refractivity contribution is -0.201. The third kappa shape index (κ3) is 2.27. The van der Waals surface area contributed by atoms with E-state index in [9.17, 15) is 4.79 Å². The highest BCUT2D eigenvalue weighted by atomic mass is 16.7. The molecule has 2 aliphatic heterocycles. The molecule has 4 nitrogen and oxygen atoms in total. The van der Waals surface area contributed by atoms with E-state index in [4.69, 9.17) is 9.57 Å². The summed E-state index contributed by atoms with van der Waals surface area (Å²) in [5.41, 5.74) is 0.974. The second-order valence-electron chi connectivity index (χ2n) is 10.3. The smallest absolute Gasteiger partial charge is 0.252 e. The van der Waals surface area contributed by atoms with Crippen molar-refractivity contribution in [2.75, 3.05) is 13.2 Å². The van der Waals surface area contributed by atoms with Crippen molar-refractivity contribution in [1.29, 1.82) is 0 Å². The zero-order valence-corrected chi connectivity index (χ0v) is 16.7. The fraction of sp³-hybridized carbons (Fsp3) is 0.560. The first kappa shape index (κ1) is 16.7. The van der Waals surface area contributed by atoms with Gasteiger partial charge < -0.3 is 4.74 Å². The number of hydroxylamine groups is 2. The van der Waals surface area contributed by atoms with E-state index in [1.807, 2.05) is 5.06 Å². The van der Waals surface area contributed by atoms with Crippen LogP contribution < -0.4 is 4.74 Å². The molecule has 6 aliphatic rings. The summed E-state index contributed by atoms with van der Waals surface area (Å²) in [6, 6.07) is 12.6. The van der Waals surface area contributed by atoms with Gasteiger partial charge in [-0.1, -0.05) is 30.3 Å². The van der Waals surface area contributed by atoms with Crippen molar-refractivity contribution in [3.63, 3.8) is 0 Å². The predicted octanol–water partition coefficient (Wildman–Crippen LogP) is 4.88. The van der Waals surface area contributed by atoms with E-state index in [1.54, 1.807) is 0 Å². The largest absolute Gasteiger partial charge is 0.493 e. The van der Waals surface area contributed by atoms with Crippen LogP contribution in [0.3, 0.4) is 0 Å². The number of hydrogen-bond donors (Lipinski definition) is 0. The molecule has 2 heterocycles. The first-order valence-electron chi connectivity index (χ1n) is 11.3. The number of amides is 1. The summed E-state index contributed by atoms with van der Waals surface area (Å²) < 4.78 is 6.10. The van der Waals surface area contributed by atoms with Crippen LogP contribution in [0.25, 0.3) is 10.8 Å². The second kappa shape index (κ2) is 5.75. The molecule has 0 radical (unpaired) electrons. The Morgan fingerprint density at radius 1 is 0.931 bits per heavy atom. The Morgan fingerprint density at radius 3 is 2.41 bits per heavy atom. The molecule has 2 aromatic carbocycles. The summed E-state index contributed by atoms with van der Waals surface area (Å²) in [4.78, 5) is 20.2. The fourth-order valence-corrected chi connectivity index (χ4v) is 7.73. The van der Waals surface area contributed by atoms with Gasteiger partial charge >= 0.3 is 0 Å². The van der Waals surface area contributed by atoms with Gasteiger partial charge in [0.15, 0.2) is 0 Å². The highest BCUT2D eigenvalue weighted by molar-refractivity contribution is 5.90. The number of rotatable bonds is 1. The van der Waals surface area contributed by atoms with E-state index in [-0.39, 0.29) is 23.3 Å². The molecule has 0 spiro atoms. The minimum atomic E-state index is -0.174. The van der Waals surface area contributed by atoms with Crippen LogP contribution in [0.2, 0.25) is 0 Å². The van der Waals surface area contributed by atoms with Crippen LogP contribution in [0.1, 0.15) is 50.1 Å². The monoisotopic (exact) mass is 389 g/mol. The molecule has 29 heavy (non-hydrogen) atoms. The quantitative estimate of drug-likeness (QED) is 0.698. The Morgan fingerprint density at radius 2 is 1.66 bits per heavy atom. The Bertz CT molecular complexity index is 979. The first-order valence-corrected chi connectivity index (χ1v) is 11.3. The molecule has 2 atom stereocenters. The van der Waals surface area contributed by atoms with Gasteiger partial charge in [-0.15, -0.1) is 0 Å². The van der Waals surface area contributed by atoms with Crippen molar-refractivity contribution in [1.82, 2.24) is 5.06 Å². The van der Waals surface area contributed by atoms with Crippen molar-refractivity contribution in [2.45, 2.75) is 44.6 Å². The molecule has 4 aliphatic carbocycles. The summed E-state index contributed by atoms with van der Waals surface area (Å²) in [6.07, 6.45) is 7.28. The van der Waals surface area contributed by atoms with Crippen molar-refractivity contribution in [2.24, 2.45) is 29.1 Å². The summed E-state index contributed by atoms with van der Waals surface area (Å²) in [5.74, 6) is 3.67. The molecule has 150 valence electrons. The van der Waals surface area contributed by atoms with Crippen LogP contribution in [0.5, 0.6) is 5.75 Å². The molecule has 8 rings (SSSR count). The number of nitrogens with zero attached hydrogens (tertiary/aromatic N) is 1. The van der Waals surface area contributed by atoms with Crippen LogP contribution in [0.4, 0.5) is 0 Å². The number of benzene rings is 2. The van der Waals surface area contributed by atoms with Gasteiger partial charge in [0, 0.05) is 11.5 Å². The van der Waals surface area contributed by atoms with Gasteiger partial charge in [-0.25, -0.2) is 5.06 Å². The maximum absolute atomic E-state index is 14.1. The predicted molar refractivity (Wildman–Crippen MR) is 109 cm³/mol. The van der Waals surface area contributed by atoms with Gasteiger partial charge in [-0.3, -0.25) is 9.63 Å². The molecule has 0 N–H and O–H groups in total. The average Bonchev–Trinajstić information content (AvgIpc) is 3.16. The normalized spacial score (nSPS) is 39.3. The van der Waals surface area contributed by atoms with Gasteiger partial charge in [0.1, 0.15) is 5.75 Å². The number of hydrogen-bond acceptors (Lipinski definition) is 3. The zero-order chi connectivity index (χ0) is 19.2. The molecule has 4 saturated carbocycles. The zero-order valence-electron chi connectivity index (χ0n) is 16.7. The molecule has 5 fully saturated rings. The summed E-state index contributed by atoms with van der Waals surface area (Å²) in [6.45, 7) is 1.20. The topological polar surface area (TPSA) is 38.8 Å². The Balaban J connectivity index is 1.32. The standard InChI is InChI=1S/C25H27NO3/c27-24(25-10-15-7-16(11-25)9-17(8-15)12-25)26-23-19(14-29-26)13-28-21-6-5-18-3-1-2-4-20(18)22(21)23/h1-6,15-17,19,23H,7-14H2/t15?,16?,17?,19-,23+,25?/m1/s1. The van der Waals surface area contributed by atoms with Gasteiger partial charge in [-0.05, 0) is 73.1 Å². The Hall–Kier alpha value is -2.07. The summed E-state index contributed by atoms with van der Waals surface area (Å²) >= 11 is 0. The molecular formula is C25H27NO3. The SMILES string of the molecule is O=C(N1OC[C@H]2COc3ccc4ccccc4c3[C@H]21)C12CC3CC(CC(C3)C1)C2. The van der Waals surface area contributed by atoms with Crippen LogP contribution >= 0.6 is 0 Å². The number of carbonyl (C=O) groups excluding carboxylic acids is 1. The van der Waals surface area contributed by atoms with Gasteiger partial charge in [-0.2, -0.15) is 0 Å². The van der Waals surface area contributed by atoms with E-state index in [0.29, 0.717) is 13.2 Å². The van der Waals surface area contributed by atoms with E-state index in [1.165, 1.54) is 30.0 Å². The molecule has 4 heteroatoms. The van der Waals surface area contributed by atoms with Gasteiger partial charge in [0.25, 0.3) is 5.91 Å². The number of ether oxygens (including phenoxy) is 1. The molecule has 1 saturated heterocycles. The minimum absolute atomic E-state index is 0.0228. The lowest BCUT2D eigenvalue weighted by Crippen LogP contribution is -2.54. The van der Waals surface area contributed by atoms with Crippen LogP contribution in [0, 0.1) is 29.1 Å². The number of carbonyl (C=O) groups is 1. The van der Waals surface area contributed by atoms with Crippen LogP contribution in [-0.4, -0.2) is 24.2 Å². The summed E-state index contributed by atoms with van der Waals surface area (Å²) in [5, 5.41) is 4.20. The third-order valence-corrected chi connectivity index (χ3v) is 8.50. The molecule has 1 amide bonds. The van der Waals surface area contributed by atoms with Crippen molar-refractivity contribution in [3.05, 3.63) is 42.0 Å². The molecule has 0 aromatic heterocycles. The van der Waals surface area contributed by atoms with Crippen molar-refractivity contribution in [3.8, 4) is 5.75 Å². The lowest BCUT2D eigenvalue weighted by Gasteiger charge is -2.56. The molecule has 4 bridgehead atoms. The third-order valence-electron chi connectivity index (χ3n) is 8.50. The Kier molecular flexibility index (Phi) is 3.31. The molecule has 0 unspecified atom stereocenters. The van der Waals surface area contributed by atoms with Crippen LogP contribution in [0.15, 0.2) is 36.4 Å². The fourth-order valence-electron chi connectivity index (χ4n) is 7.73. The van der Waals surface area contributed by atoms with E-state index in [0.717, 1.165) is 48.3 Å². The maximum atomic E-state index is 14.1. The molecular weight excluding hydrogens is 362 g/mol. The maximum Gasteiger partial charge on any atom is 0.252 e. The minimum Gasteiger partial charge on any atom is -0.493 e. The summed E-state index contributed by atoms with van der Waals surface area (Å²) in [7, 11) is 0. The van der Waals surface area contributed by atoms with Crippen molar-refractivity contribution < 1.29 is 14.4 Å². The Labute approximate surface area is 171 Å². The molecule has 2 aromatic rings. The van der Waals surface area contributed by atoms with E-state index >= 15 is 0 Å². The van der Waals surface area contributed by atoms with Gasteiger partial charge in [0.2, 0.25) is 0 Å². The van der Waals surface area contributed by atoms with E-state index < -0.39 is 0 Å². The average molecular weight is 389 g/mol. The number of fused-ring (bicyclic) bond motifs is 5. The van der Waals surface area contributed by atoms with Gasteiger partial charge in [0.05, 0.1) is 24.7 Å². The van der Waals surface area contributed by atoms with Crippen molar-refractivity contribution >= 4 is 16.7 Å². The van der Waals surface area contributed by atoms with E-state index in [2.05, 4.69) is 36.4 Å². The lowest BCUT2D eigenvalue weighted by atomic mass is 9.49. The van der Waals surface area contributed by atoms with Crippen LogP contribution in [-0.2, 0) is 9.63 Å². The highest BCUT2D eigenvalue weighted by Gasteiger charge is 2.58. The first-order chi connectivity index (χ1) is 14.2. The second-order valence-corrected chi connectivity index (χ2v) is 10.3.